The summed E-state index contributed by atoms with van der Waals surface area (Å²) in [6.45, 7) is 1.92. The van der Waals surface area contributed by atoms with Gasteiger partial charge in [-0.05, 0) is 36.8 Å². The molecule has 7 heteroatoms. The lowest BCUT2D eigenvalue weighted by molar-refractivity contribution is -0.127. The second kappa shape index (κ2) is 6.74. The molecule has 3 rings (SSSR count). The first-order valence-electron chi connectivity index (χ1n) is 7.31. The maximum atomic E-state index is 13.5. The van der Waals surface area contributed by atoms with E-state index in [1.807, 2.05) is 0 Å². The molecule has 5 nitrogen and oxygen atoms in total. The summed E-state index contributed by atoms with van der Waals surface area (Å²) >= 11 is 0. The number of halogens is 2. The highest BCUT2D eigenvalue weighted by Gasteiger charge is 2.18. The summed E-state index contributed by atoms with van der Waals surface area (Å²) in [5.41, 5.74) is 0.827. The van der Waals surface area contributed by atoms with Crippen LogP contribution in [0.5, 0.6) is 17.2 Å². The molecule has 0 aliphatic carbocycles. The summed E-state index contributed by atoms with van der Waals surface area (Å²) in [5, 5.41) is 2.68. The Morgan fingerprint density at radius 1 is 1.21 bits per heavy atom. The topological polar surface area (TPSA) is 56.8 Å². The van der Waals surface area contributed by atoms with Crippen molar-refractivity contribution in [3.8, 4) is 17.2 Å². The van der Waals surface area contributed by atoms with Gasteiger partial charge in [-0.3, -0.25) is 4.79 Å². The van der Waals surface area contributed by atoms with Gasteiger partial charge in [-0.25, -0.2) is 8.78 Å². The fraction of sp³-hybridized carbons (Fsp3) is 0.235. The van der Waals surface area contributed by atoms with Crippen LogP contribution < -0.4 is 19.5 Å². The maximum Gasteiger partial charge on any atom is 0.261 e. The second-order valence-electron chi connectivity index (χ2n) is 5.24. The van der Waals surface area contributed by atoms with E-state index in [2.05, 4.69) is 5.32 Å². The Morgan fingerprint density at radius 2 is 2.00 bits per heavy atom. The molecule has 0 radical (unpaired) electrons. The SMILES string of the molecule is CC(Oc1ccc(F)cc1F)C(=O)NCc1ccc2c(c1)OCO2. The molecule has 1 atom stereocenters. The monoisotopic (exact) mass is 335 g/mol. The van der Waals surface area contributed by atoms with Crippen molar-refractivity contribution < 1.29 is 27.8 Å². The first-order valence-corrected chi connectivity index (χ1v) is 7.31. The van der Waals surface area contributed by atoms with Crippen LogP contribution in [-0.4, -0.2) is 18.8 Å². The van der Waals surface area contributed by atoms with Crippen molar-refractivity contribution in [1.29, 1.82) is 0 Å². The number of nitrogens with one attached hydrogen (secondary N) is 1. The smallest absolute Gasteiger partial charge is 0.261 e. The lowest BCUT2D eigenvalue weighted by Crippen LogP contribution is -2.36. The minimum atomic E-state index is -0.932. The van der Waals surface area contributed by atoms with Gasteiger partial charge in [-0.1, -0.05) is 6.07 Å². The molecule has 2 aromatic rings. The largest absolute Gasteiger partial charge is 0.478 e. The van der Waals surface area contributed by atoms with E-state index < -0.39 is 23.6 Å². The van der Waals surface area contributed by atoms with Crippen LogP contribution in [0.3, 0.4) is 0 Å². The standard InChI is InChI=1S/C17H15F2NO4/c1-10(24-14-5-3-12(18)7-13(14)19)17(21)20-8-11-2-4-15-16(6-11)23-9-22-15/h2-7,10H,8-9H2,1H3,(H,20,21). The number of ether oxygens (including phenoxy) is 3. The summed E-state index contributed by atoms with van der Waals surface area (Å²) in [5.74, 6) is -0.878. The van der Waals surface area contributed by atoms with Gasteiger partial charge in [0.25, 0.3) is 5.91 Å². The Labute approximate surface area is 137 Å². The summed E-state index contributed by atoms with van der Waals surface area (Å²) in [7, 11) is 0. The number of fused-ring (bicyclic) bond motifs is 1. The first kappa shape index (κ1) is 16.0. The number of hydrogen-bond donors (Lipinski definition) is 1. The van der Waals surface area contributed by atoms with Crippen molar-refractivity contribution in [3.63, 3.8) is 0 Å². The van der Waals surface area contributed by atoms with Crippen LogP contribution in [0.4, 0.5) is 8.78 Å². The van der Waals surface area contributed by atoms with Crippen LogP contribution in [0, 0.1) is 11.6 Å². The minimum Gasteiger partial charge on any atom is -0.478 e. The molecule has 1 aliphatic heterocycles. The second-order valence-corrected chi connectivity index (χ2v) is 5.24. The molecule has 1 heterocycles. The third kappa shape index (κ3) is 3.56. The predicted molar refractivity (Wildman–Crippen MR) is 80.9 cm³/mol. The number of carbonyl (C=O) groups excluding carboxylic acids is 1. The van der Waals surface area contributed by atoms with Crippen LogP contribution in [-0.2, 0) is 11.3 Å². The van der Waals surface area contributed by atoms with E-state index in [0.29, 0.717) is 17.6 Å². The molecule has 24 heavy (non-hydrogen) atoms. The predicted octanol–water partition coefficient (Wildman–Crippen LogP) is 2.78. The van der Waals surface area contributed by atoms with Crippen LogP contribution in [0.15, 0.2) is 36.4 Å². The molecular weight excluding hydrogens is 320 g/mol. The summed E-state index contributed by atoms with van der Waals surface area (Å²) in [6.07, 6.45) is -0.932. The molecule has 0 spiro atoms. The van der Waals surface area contributed by atoms with Crippen molar-refractivity contribution in [1.82, 2.24) is 5.32 Å². The van der Waals surface area contributed by atoms with Gasteiger partial charge in [0, 0.05) is 12.6 Å². The summed E-state index contributed by atoms with van der Waals surface area (Å²) in [4.78, 5) is 12.0. The zero-order chi connectivity index (χ0) is 17.1. The number of benzene rings is 2. The van der Waals surface area contributed by atoms with Gasteiger partial charge in [-0.15, -0.1) is 0 Å². The zero-order valence-electron chi connectivity index (χ0n) is 12.8. The van der Waals surface area contributed by atoms with Crippen molar-refractivity contribution >= 4 is 5.91 Å². The van der Waals surface area contributed by atoms with E-state index in [9.17, 15) is 13.6 Å². The molecule has 0 aromatic heterocycles. The number of amides is 1. The van der Waals surface area contributed by atoms with Crippen LogP contribution in [0.25, 0.3) is 0 Å². The Kier molecular flexibility index (Phi) is 4.50. The molecule has 126 valence electrons. The maximum absolute atomic E-state index is 13.5. The van der Waals surface area contributed by atoms with E-state index in [0.717, 1.165) is 17.7 Å². The Balaban J connectivity index is 1.56. The van der Waals surface area contributed by atoms with Crippen molar-refractivity contribution in [2.45, 2.75) is 19.6 Å². The van der Waals surface area contributed by atoms with Gasteiger partial charge in [0.1, 0.15) is 5.82 Å². The van der Waals surface area contributed by atoms with E-state index in [1.54, 1.807) is 18.2 Å². The fourth-order valence-electron chi connectivity index (χ4n) is 2.20. The number of hydrogen-bond acceptors (Lipinski definition) is 4. The van der Waals surface area contributed by atoms with E-state index in [1.165, 1.54) is 6.92 Å². The summed E-state index contributed by atoms with van der Waals surface area (Å²) in [6, 6.07) is 8.25. The van der Waals surface area contributed by atoms with Crippen molar-refractivity contribution in [2.24, 2.45) is 0 Å². The Hall–Kier alpha value is -2.83. The molecule has 0 fully saturated rings. The van der Waals surface area contributed by atoms with Crippen molar-refractivity contribution in [3.05, 3.63) is 53.6 Å². The van der Waals surface area contributed by atoms with E-state index >= 15 is 0 Å². The van der Waals surface area contributed by atoms with Gasteiger partial charge in [-0.2, -0.15) is 0 Å². The van der Waals surface area contributed by atoms with Crippen LogP contribution in [0.2, 0.25) is 0 Å². The molecule has 1 N–H and O–H groups in total. The molecule has 2 aromatic carbocycles. The third-order valence-electron chi connectivity index (χ3n) is 3.47. The van der Waals surface area contributed by atoms with Gasteiger partial charge >= 0.3 is 0 Å². The Bertz CT molecular complexity index is 766. The van der Waals surface area contributed by atoms with E-state index in [-0.39, 0.29) is 19.1 Å². The minimum absolute atomic E-state index is 0.179. The highest BCUT2D eigenvalue weighted by molar-refractivity contribution is 5.80. The van der Waals surface area contributed by atoms with Gasteiger partial charge in [0.05, 0.1) is 0 Å². The molecule has 0 saturated carbocycles. The molecule has 0 bridgehead atoms. The number of carbonyl (C=O) groups is 1. The first-order chi connectivity index (χ1) is 11.5. The quantitative estimate of drug-likeness (QED) is 0.913. The van der Waals surface area contributed by atoms with E-state index in [4.69, 9.17) is 14.2 Å². The lowest BCUT2D eigenvalue weighted by Gasteiger charge is -2.15. The molecule has 0 saturated heterocycles. The molecule has 1 aliphatic rings. The fourth-order valence-corrected chi connectivity index (χ4v) is 2.20. The molecular formula is C17H15F2NO4. The highest BCUT2D eigenvalue weighted by atomic mass is 19.1. The average molecular weight is 335 g/mol. The van der Waals surface area contributed by atoms with Gasteiger partial charge in [0.15, 0.2) is 29.2 Å². The molecule has 1 unspecified atom stereocenters. The highest BCUT2D eigenvalue weighted by Crippen LogP contribution is 2.32. The Morgan fingerprint density at radius 3 is 2.79 bits per heavy atom. The van der Waals surface area contributed by atoms with Crippen molar-refractivity contribution in [2.75, 3.05) is 6.79 Å². The third-order valence-corrected chi connectivity index (χ3v) is 3.47. The average Bonchev–Trinajstić information content (AvgIpc) is 3.02. The van der Waals surface area contributed by atoms with Gasteiger partial charge in [0.2, 0.25) is 6.79 Å². The lowest BCUT2D eigenvalue weighted by atomic mass is 10.2. The molecule has 1 amide bonds. The van der Waals surface area contributed by atoms with Crippen LogP contribution in [0.1, 0.15) is 12.5 Å². The normalized spacial score (nSPS) is 13.5. The van der Waals surface area contributed by atoms with Gasteiger partial charge < -0.3 is 19.5 Å². The zero-order valence-corrected chi connectivity index (χ0v) is 12.8. The number of rotatable bonds is 5. The summed E-state index contributed by atoms with van der Waals surface area (Å²) < 4.78 is 42.1. The van der Waals surface area contributed by atoms with Crippen LogP contribution >= 0.6 is 0 Å².